The van der Waals surface area contributed by atoms with Crippen molar-refractivity contribution >= 4 is 5.97 Å². The van der Waals surface area contributed by atoms with Crippen molar-refractivity contribution in [3.05, 3.63) is 58.2 Å². The lowest BCUT2D eigenvalue weighted by molar-refractivity contribution is -0.142. The molecule has 21 heavy (non-hydrogen) atoms. The molecule has 0 saturated heterocycles. The molecule has 0 aromatic heterocycles. The van der Waals surface area contributed by atoms with Crippen LogP contribution < -0.4 is 0 Å². The highest BCUT2D eigenvalue weighted by Crippen LogP contribution is 2.72. The topological polar surface area (TPSA) is 37.3 Å². The SMILES string of the molecule is CCC12C=C(C(C)C)C3(C(=O)O)C1=CC1=CC=CC1=C3C2. The smallest absolute Gasteiger partial charge is 0.322 e. The van der Waals surface area contributed by atoms with Gasteiger partial charge in [-0.05, 0) is 46.6 Å². The summed E-state index contributed by atoms with van der Waals surface area (Å²) in [5.74, 6) is -0.437. The second-order valence-corrected chi connectivity index (χ2v) is 6.93. The van der Waals surface area contributed by atoms with Crippen LogP contribution in [-0.4, -0.2) is 11.1 Å². The minimum absolute atomic E-state index is 0.0701. The molecule has 0 aromatic carbocycles. The summed E-state index contributed by atoms with van der Waals surface area (Å²) >= 11 is 0. The summed E-state index contributed by atoms with van der Waals surface area (Å²) < 4.78 is 0. The van der Waals surface area contributed by atoms with Crippen molar-refractivity contribution < 1.29 is 9.90 Å². The van der Waals surface area contributed by atoms with Crippen LogP contribution in [0.1, 0.15) is 33.6 Å². The highest BCUT2D eigenvalue weighted by Gasteiger charge is 2.67. The Balaban J connectivity index is 2.10. The van der Waals surface area contributed by atoms with E-state index >= 15 is 0 Å². The fourth-order valence-corrected chi connectivity index (χ4v) is 4.87. The van der Waals surface area contributed by atoms with Gasteiger partial charge in [0.05, 0.1) is 0 Å². The molecule has 0 radical (unpaired) electrons. The van der Waals surface area contributed by atoms with Crippen molar-refractivity contribution in [2.45, 2.75) is 33.6 Å². The van der Waals surface area contributed by atoms with Crippen LogP contribution in [0.15, 0.2) is 58.2 Å². The largest absolute Gasteiger partial charge is 0.480 e. The summed E-state index contributed by atoms with van der Waals surface area (Å²) in [6.45, 7) is 6.41. The van der Waals surface area contributed by atoms with Gasteiger partial charge in [-0.25, -0.2) is 0 Å². The van der Waals surface area contributed by atoms with Crippen LogP contribution in [-0.2, 0) is 4.79 Å². The molecule has 2 unspecified atom stereocenters. The lowest BCUT2D eigenvalue weighted by Crippen LogP contribution is -2.36. The first-order chi connectivity index (χ1) is 9.97. The van der Waals surface area contributed by atoms with Crippen molar-refractivity contribution in [3.8, 4) is 0 Å². The Hall–Kier alpha value is -1.83. The van der Waals surface area contributed by atoms with Gasteiger partial charge in [-0.15, -0.1) is 0 Å². The van der Waals surface area contributed by atoms with Crippen LogP contribution in [0.2, 0.25) is 0 Å². The number of hydrogen-bond donors (Lipinski definition) is 1. The lowest BCUT2D eigenvalue weighted by atomic mass is 9.66. The molecule has 0 amide bonds. The molecule has 4 aliphatic carbocycles. The van der Waals surface area contributed by atoms with Gasteiger partial charge in [-0.1, -0.05) is 51.2 Å². The fraction of sp³-hybridized carbons (Fsp3) is 0.421. The lowest BCUT2D eigenvalue weighted by Gasteiger charge is -2.35. The molecule has 2 heteroatoms. The van der Waals surface area contributed by atoms with Crippen LogP contribution in [0.3, 0.4) is 0 Å². The van der Waals surface area contributed by atoms with E-state index in [-0.39, 0.29) is 11.3 Å². The highest BCUT2D eigenvalue weighted by molar-refractivity contribution is 5.95. The summed E-state index contributed by atoms with van der Waals surface area (Å²) in [5, 5.41) is 10.2. The van der Waals surface area contributed by atoms with E-state index < -0.39 is 11.4 Å². The van der Waals surface area contributed by atoms with E-state index in [2.05, 4.69) is 45.1 Å². The zero-order valence-electron chi connectivity index (χ0n) is 12.7. The Morgan fingerprint density at radius 3 is 2.81 bits per heavy atom. The number of carboxylic acid groups (broad SMARTS) is 1. The van der Waals surface area contributed by atoms with Gasteiger partial charge in [0, 0.05) is 5.41 Å². The molecule has 0 aromatic rings. The maximum absolute atomic E-state index is 12.4. The number of fused-ring (bicyclic) bond motifs is 1. The average molecular weight is 280 g/mol. The predicted molar refractivity (Wildman–Crippen MR) is 82.7 cm³/mol. The zero-order chi connectivity index (χ0) is 15.0. The third kappa shape index (κ3) is 1.19. The van der Waals surface area contributed by atoms with Gasteiger partial charge in [0.1, 0.15) is 5.41 Å². The Morgan fingerprint density at radius 1 is 1.43 bits per heavy atom. The molecule has 4 aliphatic rings. The Bertz CT molecular complexity index is 727. The Labute approximate surface area is 125 Å². The molecule has 108 valence electrons. The minimum Gasteiger partial charge on any atom is -0.480 e. The molecular weight excluding hydrogens is 260 g/mol. The maximum atomic E-state index is 12.4. The van der Waals surface area contributed by atoms with Gasteiger partial charge in [0.15, 0.2) is 0 Å². The van der Waals surface area contributed by atoms with Gasteiger partial charge in [0.2, 0.25) is 0 Å². The van der Waals surface area contributed by atoms with Crippen LogP contribution in [0, 0.1) is 16.7 Å². The van der Waals surface area contributed by atoms with E-state index in [0.717, 1.165) is 35.1 Å². The van der Waals surface area contributed by atoms with Crippen LogP contribution >= 0.6 is 0 Å². The van der Waals surface area contributed by atoms with E-state index in [9.17, 15) is 9.90 Å². The van der Waals surface area contributed by atoms with Gasteiger partial charge in [-0.3, -0.25) is 4.79 Å². The molecule has 2 atom stereocenters. The molecule has 0 heterocycles. The van der Waals surface area contributed by atoms with E-state index in [1.54, 1.807) is 0 Å². The third-order valence-corrected chi connectivity index (χ3v) is 5.80. The fourth-order valence-electron chi connectivity index (χ4n) is 4.87. The molecule has 0 aliphatic heterocycles. The van der Waals surface area contributed by atoms with Gasteiger partial charge in [-0.2, -0.15) is 0 Å². The molecule has 4 bridgehead atoms. The normalized spacial score (nSPS) is 35.1. The standard InChI is InChI=1S/C19H20O2/c1-4-18-9-14(11(2)3)19(17(20)21)15(10-18)13-7-5-6-12(13)8-16(18)19/h5-9,11H,4,10H2,1-3H3,(H,20,21). The molecule has 2 nitrogen and oxygen atoms in total. The highest BCUT2D eigenvalue weighted by atomic mass is 16.4. The molecular formula is C19H20O2. The third-order valence-electron chi connectivity index (χ3n) is 5.80. The first-order valence-electron chi connectivity index (χ1n) is 7.79. The quantitative estimate of drug-likeness (QED) is 0.787. The average Bonchev–Trinajstić information content (AvgIpc) is 3.08. The van der Waals surface area contributed by atoms with Gasteiger partial charge in [0.25, 0.3) is 0 Å². The summed E-state index contributed by atoms with van der Waals surface area (Å²) in [4.78, 5) is 12.4. The maximum Gasteiger partial charge on any atom is 0.322 e. The summed E-state index contributed by atoms with van der Waals surface area (Å²) in [5.41, 5.74) is 4.76. The second kappa shape index (κ2) is 3.68. The van der Waals surface area contributed by atoms with E-state index in [4.69, 9.17) is 0 Å². The number of rotatable bonds is 3. The molecule has 0 spiro atoms. The number of hydrogen-bond acceptors (Lipinski definition) is 1. The summed E-state index contributed by atoms with van der Waals surface area (Å²) in [7, 11) is 0. The van der Waals surface area contributed by atoms with Gasteiger partial charge < -0.3 is 5.11 Å². The predicted octanol–water partition coefficient (Wildman–Crippen LogP) is 4.19. The Morgan fingerprint density at radius 2 is 2.19 bits per heavy atom. The molecule has 4 rings (SSSR count). The van der Waals surface area contributed by atoms with Crippen LogP contribution in [0.4, 0.5) is 0 Å². The summed E-state index contributed by atoms with van der Waals surface area (Å²) in [6, 6.07) is 0. The van der Waals surface area contributed by atoms with Gasteiger partial charge >= 0.3 is 5.97 Å². The second-order valence-electron chi connectivity index (χ2n) is 6.93. The van der Waals surface area contributed by atoms with E-state index in [1.807, 2.05) is 6.08 Å². The molecule has 1 saturated carbocycles. The van der Waals surface area contributed by atoms with Crippen molar-refractivity contribution in [3.63, 3.8) is 0 Å². The molecule has 1 N–H and O–H groups in total. The van der Waals surface area contributed by atoms with E-state index in [1.165, 1.54) is 5.57 Å². The Kier molecular flexibility index (Phi) is 2.25. The number of carboxylic acids is 1. The summed E-state index contributed by atoms with van der Waals surface area (Å²) in [6.07, 6.45) is 12.5. The molecule has 1 fully saturated rings. The zero-order valence-corrected chi connectivity index (χ0v) is 12.7. The van der Waals surface area contributed by atoms with Crippen molar-refractivity contribution in [1.82, 2.24) is 0 Å². The van der Waals surface area contributed by atoms with Crippen molar-refractivity contribution in [2.75, 3.05) is 0 Å². The number of allylic oxidation sites excluding steroid dienone is 7. The van der Waals surface area contributed by atoms with E-state index in [0.29, 0.717) is 0 Å². The van der Waals surface area contributed by atoms with Crippen molar-refractivity contribution in [2.24, 2.45) is 16.7 Å². The minimum atomic E-state index is -0.856. The number of aliphatic carboxylic acids is 1. The monoisotopic (exact) mass is 280 g/mol. The van der Waals surface area contributed by atoms with Crippen LogP contribution in [0.25, 0.3) is 0 Å². The number of carbonyl (C=O) groups is 1. The van der Waals surface area contributed by atoms with Crippen LogP contribution in [0.5, 0.6) is 0 Å². The first-order valence-corrected chi connectivity index (χ1v) is 7.79. The van der Waals surface area contributed by atoms with Crippen molar-refractivity contribution in [1.29, 1.82) is 0 Å². The first kappa shape index (κ1) is 12.9.